The molecule has 0 saturated carbocycles. The fourth-order valence-corrected chi connectivity index (χ4v) is 4.38. The summed E-state index contributed by atoms with van der Waals surface area (Å²) < 4.78 is 51.9. The van der Waals surface area contributed by atoms with Crippen LogP contribution in [0.25, 0.3) is 0 Å². The van der Waals surface area contributed by atoms with Crippen molar-refractivity contribution in [2.45, 2.75) is 44.5 Å². The predicted molar refractivity (Wildman–Crippen MR) is 123 cm³/mol. The summed E-state index contributed by atoms with van der Waals surface area (Å²) in [6.07, 6.45) is -2.85. The smallest absolute Gasteiger partial charge is 0.417 e. The van der Waals surface area contributed by atoms with Crippen molar-refractivity contribution in [1.29, 1.82) is 0 Å². The molecule has 4 rings (SSSR count). The summed E-state index contributed by atoms with van der Waals surface area (Å²) in [6.45, 7) is 1.16. The zero-order valence-corrected chi connectivity index (χ0v) is 19.6. The Bertz CT molecular complexity index is 1080. The van der Waals surface area contributed by atoms with Gasteiger partial charge in [0.15, 0.2) is 0 Å². The Labute approximate surface area is 206 Å². The van der Waals surface area contributed by atoms with Gasteiger partial charge in [0.2, 0.25) is 11.8 Å². The van der Waals surface area contributed by atoms with Crippen LogP contribution in [-0.4, -0.2) is 59.9 Å². The lowest BCUT2D eigenvalue weighted by Gasteiger charge is -2.27. The number of carbonyl (C=O) groups is 3. The molecule has 10 heteroatoms. The van der Waals surface area contributed by atoms with Crippen molar-refractivity contribution in [3.8, 4) is 5.75 Å². The number of benzene rings is 2. The van der Waals surface area contributed by atoms with E-state index in [1.54, 1.807) is 24.3 Å². The lowest BCUT2D eigenvalue weighted by atomic mass is 10.0. The summed E-state index contributed by atoms with van der Waals surface area (Å²) in [5.41, 5.74) is -0.650. The highest BCUT2D eigenvalue weighted by Gasteiger charge is 2.36. The molecule has 3 amide bonds. The molecule has 0 N–H and O–H groups in total. The summed E-state index contributed by atoms with van der Waals surface area (Å²) >= 11 is 0. The van der Waals surface area contributed by atoms with Crippen LogP contribution in [0.5, 0.6) is 5.75 Å². The minimum absolute atomic E-state index is 0.0992. The van der Waals surface area contributed by atoms with Crippen molar-refractivity contribution >= 4 is 17.7 Å². The molecule has 0 bridgehead atoms. The third-order valence-electron chi connectivity index (χ3n) is 6.23. The molecule has 2 saturated heterocycles. The maximum absolute atomic E-state index is 13.5. The molecule has 0 spiro atoms. The topological polar surface area (TPSA) is 76.2 Å². The molecular weight excluding hydrogens is 477 g/mol. The average molecular weight is 505 g/mol. The normalized spacial score (nSPS) is 18.1. The first-order valence-electron chi connectivity index (χ1n) is 11.8. The highest BCUT2D eigenvalue weighted by molar-refractivity contribution is 6.01. The lowest BCUT2D eigenvalue weighted by molar-refractivity contribution is -0.139. The molecule has 2 aromatic carbocycles. The second-order valence-electron chi connectivity index (χ2n) is 8.80. The Morgan fingerprint density at radius 1 is 1.06 bits per heavy atom. The predicted octanol–water partition coefficient (Wildman–Crippen LogP) is 4.05. The number of nitrogens with zero attached hydrogens (tertiary/aromatic N) is 2. The van der Waals surface area contributed by atoms with E-state index in [0.29, 0.717) is 17.9 Å². The highest BCUT2D eigenvalue weighted by Crippen LogP contribution is 2.33. The number of ether oxygens (including phenoxy) is 2. The van der Waals surface area contributed by atoms with Gasteiger partial charge in [-0.1, -0.05) is 24.3 Å². The number of alkyl halides is 3. The first-order valence-corrected chi connectivity index (χ1v) is 11.8. The van der Waals surface area contributed by atoms with E-state index in [1.165, 1.54) is 28.0 Å². The van der Waals surface area contributed by atoms with Crippen molar-refractivity contribution < 1.29 is 37.0 Å². The van der Waals surface area contributed by atoms with Crippen molar-refractivity contribution in [1.82, 2.24) is 9.80 Å². The average Bonchev–Trinajstić information content (AvgIpc) is 3.48. The quantitative estimate of drug-likeness (QED) is 0.482. The van der Waals surface area contributed by atoms with E-state index in [4.69, 9.17) is 9.47 Å². The number of rotatable bonds is 9. The number of amides is 3. The second kappa shape index (κ2) is 11.1. The first kappa shape index (κ1) is 25.7. The zero-order valence-electron chi connectivity index (χ0n) is 19.6. The van der Waals surface area contributed by atoms with E-state index in [0.717, 1.165) is 18.9 Å². The van der Waals surface area contributed by atoms with E-state index in [9.17, 15) is 27.6 Å². The largest absolute Gasteiger partial charge is 0.492 e. The Hall–Kier alpha value is -3.40. The molecule has 192 valence electrons. The van der Waals surface area contributed by atoms with Crippen LogP contribution in [-0.2, 0) is 27.0 Å². The third kappa shape index (κ3) is 6.23. The number of halogens is 3. The summed E-state index contributed by atoms with van der Waals surface area (Å²) in [5.74, 6) is -0.611. The Balaban J connectivity index is 1.44. The van der Waals surface area contributed by atoms with Crippen LogP contribution < -0.4 is 4.74 Å². The minimum atomic E-state index is -4.65. The number of imide groups is 1. The van der Waals surface area contributed by atoms with Gasteiger partial charge >= 0.3 is 6.18 Å². The Morgan fingerprint density at radius 3 is 2.39 bits per heavy atom. The van der Waals surface area contributed by atoms with E-state index in [1.807, 2.05) is 0 Å². The molecule has 0 unspecified atom stereocenters. The fraction of sp³-hybridized carbons (Fsp3) is 0.423. The van der Waals surface area contributed by atoms with Crippen LogP contribution in [0.1, 0.15) is 47.2 Å². The van der Waals surface area contributed by atoms with Crippen LogP contribution in [0.2, 0.25) is 0 Å². The Morgan fingerprint density at radius 2 is 1.75 bits per heavy atom. The van der Waals surface area contributed by atoms with Crippen LogP contribution in [0.15, 0.2) is 48.5 Å². The van der Waals surface area contributed by atoms with Crippen molar-refractivity contribution in [3.63, 3.8) is 0 Å². The second-order valence-corrected chi connectivity index (χ2v) is 8.80. The van der Waals surface area contributed by atoms with Crippen LogP contribution >= 0.6 is 0 Å². The fourth-order valence-electron chi connectivity index (χ4n) is 4.38. The van der Waals surface area contributed by atoms with Gasteiger partial charge in [0.05, 0.1) is 23.8 Å². The molecule has 2 aliphatic heterocycles. The minimum Gasteiger partial charge on any atom is -0.492 e. The summed E-state index contributed by atoms with van der Waals surface area (Å²) in [6, 6.07) is 11.6. The highest BCUT2D eigenvalue weighted by atomic mass is 19.4. The molecule has 0 aromatic heterocycles. The molecule has 2 aliphatic rings. The van der Waals surface area contributed by atoms with Gasteiger partial charge < -0.3 is 14.4 Å². The molecule has 0 radical (unpaired) electrons. The molecule has 1 atom stereocenters. The number of hydrogen-bond donors (Lipinski definition) is 0. The summed E-state index contributed by atoms with van der Waals surface area (Å²) in [5, 5.41) is 0. The van der Waals surface area contributed by atoms with Gasteiger partial charge in [-0.05, 0) is 42.7 Å². The number of likely N-dealkylation sites (tertiary alicyclic amines) is 1. The maximum Gasteiger partial charge on any atom is 0.417 e. The van der Waals surface area contributed by atoms with Crippen LogP contribution in [0.4, 0.5) is 13.2 Å². The molecule has 0 aliphatic carbocycles. The van der Waals surface area contributed by atoms with E-state index in [2.05, 4.69) is 0 Å². The van der Waals surface area contributed by atoms with Crippen LogP contribution in [0, 0.1) is 0 Å². The monoisotopic (exact) mass is 504 g/mol. The molecule has 36 heavy (non-hydrogen) atoms. The number of carbonyl (C=O) groups excluding carboxylic acids is 3. The van der Waals surface area contributed by atoms with Gasteiger partial charge in [0.25, 0.3) is 5.91 Å². The van der Waals surface area contributed by atoms with E-state index in [-0.39, 0.29) is 57.0 Å². The first-order chi connectivity index (χ1) is 17.2. The van der Waals surface area contributed by atoms with E-state index >= 15 is 0 Å². The standard InChI is InChI=1S/C26H27F3N2O5/c27-26(28,29)22-6-2-1-5-21(22)25(34)30(17-20-4-3-14-35-20)16-18-7-9-19(10-8-18)36-15-13-31-23(32)11-12-24(31)33/h1-2,5-10,20H,3-4,11-17H2/t20-/m0/s1. The number of hydrogen-bond acceptors (Lipinski definition) is 5. The van der Waals surface area contributed by atoms with Crippen molar-refractivity contribution in [2.75, 3.05) is 26.3 Å². The maximum atomic E-state index is 13.5. The van der Waals surface area contributed by atoms with Gasteiger partial charge in [-0.25, -0.2) is 0 Å². The SMILES string of the molecule is O=C(c1ccccc1C(F)(F)F)N(Cc1ccc(OCCN2C(=O)CCC2=O)cc1)C[C@@H]1CCCO1. The van der Waals surface area contributed by atoms with Gasteiger partial charge in [0.1, 0.15) is 12.4 Å². The molecule has 2 fully saturated rings. The van der Waals surface area contributed by atoms with Gasteiger partial charge in [-0.3, -0.25) is 19.3 Å². The summed E-state index contributed by atoms with van der Waals surface area (Å²) in [7, 11) is 0. The van der Waals surface area contributed by atoms with E-state index < -0.39 is 23.2 Å². The van der Waals surface area contributed by atoms with Crippen molar-refractivity contribution in [3.05, 3.63) is 65.2 Å². The summed E-state index contributed by atoms with van der Waals surface area (Å²) in [4.78, 5) is 39.2. The lowest BCUT2D eigenvalue weighted by Crippen LogP contribution is -2.37. The Kier molecular flexibility index (Phi) is 7.93. The van der Waals surface area contributed by atoms with Gasteiger partial charge in [-0.15, -0.1) is 0 Å². The molecular formula is C26H27F3N2O5. The van der Waals surface area contributed by atoms with Crippen LogP contribution in [0.3, 0.4) is 0 Å². The van der Waals surface area contributed by atoms with Gasteiger partial charge in [-0.2, -0.15) is 13.2 Å². The molecule has 2 heterocycles. The van der Waals surface area contributed by atoms with Crippen molar-refractivity contribution in [2.24, 2.45) is 0 Å². The third-order valence-corrected chi connectivity index (χ3v) is 6.23. The molecule has 7 nitrogen and oxygen atoms in total. The molecule has 2 aromatic rings. The van der Waals surface area contributed by atoms with Gasteiger partial charge in [0, 0.05) is 32.5 Å². The zero-order chi connectivity index (χ0) is 25.7.